The number of carbonyl (C=O) groups is 2. The van der Waals surface area contributed by atoms with Crippen LogP contribution in [0, 0.1) is 0 Å². The van der Waals surface area contributed by atoms with Crippen LogP contribution in [0.5, 0.6) is 5.75 Å². The van der Waals surface area contributed by atoms with Crippen molar-refractivity contribution >= 4 is 58.0 Å². The molecule has 2 unspecified atom stereocenters. The van der Waals surface area contributed by atoms with Gasteiger partial charge in [-0.3, -0.25) is 14.6 Å². The molecule has 0 spiro atoms. The Balaban J connectivity index is 1.50. The van der Waals surface area contributed by atoms with Crippen LogP contribution in [-0.2, 0) is 9.59 Å². The molecule has 3 aromatic rings. The highest BCUT2D eigenvalue weighted by Crippen LogP contribution is 2.39. The average Bonchev–Trinajstić information content (AvgIpc) is 2.81. The summed E-state index contributed by atoms with van der Waals surface area (Å²) < 4.78 is 5.99. The Hall–Kier alpha value is -2.97. The van der Waals surface area contributed by atoms with Crippen LogP contribution < -0.4 is 20.4 Å². The first kappa shape index (κ1) is 25.1. The summed E-state index contributed by atoms with van der Waals surface area (Å²) in [6, 6.07) is 18.9. The lowest BCUT2D eigenvalue weighted by atomic mass is 9.92. The van der Waals surface area contributed by atoms with Gasteiger partial charge in [0.05, 0.1) is 11.6 Å². The van der Waals surface area contributed by atoms with Gasteiger partial charge in [0, 0.05) is 35.5 Å². The van der Waals surface area contributed by atoms with E-state index >= 15 is 0 Å². The molecule has 1 fully saturated rings. The number of halogens is 3. The topological polar surface area (TPSA) is 73.9 Å². The monoisotopic (exact) mass is 532 g/mol. The van der Waals surface area contributed by atoms with Crippen LogP contribution in [0.15, 0.2) is 66.7 Å². The van der Waals surface area contributed by atoms with Gasteiger partial charge in [-0.25, -0.2) is 5.43 Å². The quantitative estimate of drug-likeness (QED) is 0.390. The minimum Gasteiger partial charge on any atom is -0.476 e. The van der Waals surface area contributed by atoms with E-state index in [-0.39, 0.29) is 18.4 Å². The maximum Gasteiger partial charge on any atom is 0.281 e. The second-order valence-electron chi connectivity index (χ2n) is 8.15. The van der Waals surface area contributed by atoms with Gasteiger partial charge in [0.2, 0.25) is 12.0 Å². The highest BCUT2D eigenvalue weighted by molar-refractivity contribution is 6.35. The van der Waals surface area contributed by atoms with Crippen LogP contribution in [-0.4, -0.2) is 43.6 Å². The minimum atomic E-state index is -0.831. The Bertz CT molecular complexity index is 1240. The molecule has 7 nitrogen and oxygen atoms in total. The molecule has 4 rings (SSSR count). The summed E-state index contributed by atoms with van der Waals surface area (Å²) >= 11 is 18.2. The Morgan fingerprint density at radius 2 is 1.71 bits per heavy atom. The van der Waals surface area contributed by atoms with Crippen molar-refractivity contribution in [3.8, 4) is 5.75 Å². The lowest BCUT2D eigenvalue weighted by Gasteiger charge is -2.46. The van der Waals surface area contributed by atoms with Crippen molar-refractivity contribution in [2.24, 2.45) is 0 Å². The molecule has 1 saturated heterocycles. The predicted molar refractivity (Wildman–Crippen MR) is 139 cm³/mol. The van der Waals surface area contributed by atoms with Gasteiger partial charge >= 0.3 is 0 Å². The number of β-lactam (4-membered cyclic amide) rings is 1. The molecule has 3 aromatic carbocycles. The van der Waals surface area contributed by atoms with Crippen molar-refractivity contribution in [2.45, 2.75) is 12.1 Å². The fraction of sp³-hybridized carbons (Fsp3) is 0.200. The molecule has 0 bridgehead atoms. The summed E-state index contributed by atoms with van der Waals surface area (Å²) in [6.45, 7) is -0.126. The molecule has 2 amide bonds. The van der Waals surface area contributed by atoms with Gasteiger partial charge in [0.25, 0.3) is 5.91 Å². The lowest BCUT2D eigenvalue weighted by molar-refractivity contribution is -0.171. The molecule has 10 heteroatoms. The number of ether oxygens (including phenoxy) is 1. The first-order valence-corrected chi connectivity index (χ1v) is 11.9. The van der Waals surface area contributed by atoms with Gasteiger partial charge in [-0.05, 0) is 54.1 Å². The highest BCUT2D eigenvalue weighted by Gasteiger charge is 2.51. The van der Waals surface area contributed by atoms with Crippen LogP contribution in [0.3, 0.4) is 0 Å². The molecule has 0 aliphatic carbocycles. The van der Waals surface area contributed by atoms with Gasteiger partial charge in [-0.1, -0.05) is 53.0 Å². The Morgan fingerprint density at radius 3 is 2.37 bits per heavy atom. The van der Waals surface area contributed by atoms with Crippen LogP contribution in [0.2, 0.25) is 15.1 Å². The summed E-state index contributed by atoms with van der Waals surface area (Å²) in [5, 5.41) is 5.43. The van der Waals surface area contributed by atoms with Crippen LogP contribution >= 0.6 is 34.8 Å². The molecule has 35 heavy (non-hydrogen) atoms. The number of hydrogen-bond donors (Lipinski definition) is 2. The summed E-state index contributed by atoms with van der Waals surface area (Å²) in [5.41, 5.74) is 5.34. The Kier molecular flexibility index (Phi) is 7.72. The number of carbonyl (C=O) groups excluding carboxylic acids is 2. The van der Waals surface area contributed by atoms with E-state index in [0.29, 0.717) is 26.5 Å². The number of amides is 2. The van der Waals surface area contributed by atoms with E-state index in [4.69, 9.17) is 39.5 Å². The fourth-order valence-electron chi connectivity index (χ4n) is 3.68. The van der Waals surface area contributed by atoms with Gasteiger partial charge < -0.3 is 15.0 Å². The summed E-state index contributed by atoms with van der Waals surface area (Å²) in [6.07, 6.45) is -0.831. The maximum absolute atomic E-state index is 13.0. The van der Waals surface area contributed by atoms with Crippen molar-refractivity contribution in [1.82, 2.24) is 10.4 Å². The molecule has 0 aromatic heterocycles. The normalized spacial score (nSPS) is 17.1. The van der Waals surface area contributed by atoms with Crippen LogP contribution in [0.4, 0.5) is 11.4 Å². The molecular weight excluding hydrogens is 511 g/mol. The van der Waals surface area contributed by atoms with Crippen LogP contribution in [0.1, 0.15) is 11.6 Å². The number of nitrogens with one attached hydrogen (secondary N) is 2. The van der Waals surface area contributed by atoms with Crippen molar-refractivity contribution in [1.29, 1.82) is 0 Å². The zero-order chi connectivity index (χ0) is 25.1. The number of rotatable bonds is 8. The van der Waals surface area contributed by atoms with E-state index in [1.165, 1.54) is 5.01 Å². The lowest BCUT2D eigenvalue weighted by Crippen LogP contribution is -2.66. The molecule has 182 valence electrons. The van der Waals surface area contributed by atoms with E-state index < -0.39 is 12.1 Å². The van der Waals surface area contributed by atoms with Gasteiger partial charge in [-0.2, -0.15) is 0 Å². The van der Waals surface area contributed by atoms with Crippen molar-refractivity contribution < 1.29 is 14.3 Å². The van der Waals surface area contributed by atoms with E-state index in [0.717, 1.165) is 11.3 Å². The van der Waals surface area contributed by atoms with E-state index in [2.05, 4.69) is 10.7 Å². The van der Waals surface area contributed by atoms with Crippen molar-refractivity contribution in [3.05, 3.63) is 87.4 Å². The number of hydrogen-bond acceptors (Lipinski definition) is 5. The largest absolute Gasteiger partial charge is 0.476 e. The molecule has 2 atom stereocenters. The summed E-state index contributed by atoms with van der Waals surface area (Å²) in [7, 11) is 3.89. The standard InChI is InChI=1S/C25H23Cl3N4O3/c1-31(2)19-9-6-15(7-10-19)23-24(35-21-11-8-17(27)13-20(21)28)25(34)32(23)29-14-22(33)30-18-5-3-4-16(26)12-18/h3-13,23-24,29H,14H2,1-2H3,(H,30,33). The van der Waals surface area contributed by atoms with E-state index in [1.54, 1.807) is 42.5 Å². The Morgan fingerprint density at radius 1 is 1.00 bits per heavy atom. The molecule has 2 N–H and O–H groups in total. The smallest absolute Gasteiger partial charge is 0.281 e. The molecule has 1 heterocycles. The number of benzene rings is 3. The van der Waals surface area contributed by atoms with Gasteiger partial charge in [-0.15, -0.1) is 0 Å². The van der Waals surface area contributed by atoms with Gasteiger partial charge in [0.1, 0.15) is 11.8 Å². The summed E-state index contributed by atoms with van der Waals surface area (Å²) in [5.74, 6) is -0.303. The summed E-state index contributed by atoms with van der Waals surface area (Å²) in [4.78, 5) is 27.5. The molecule has 1 aliphatic heterocycles. The Labute approximate surface area is 218 Å². The number of hydrazine groups is 1. The first-order chi connectivity index (χ1) is 16.7. The van der Waals surface area contributed by atoms with Crippen molar-refractivity contribution in [3.63, 3.8) is 0 Å². The third kappa shape index (κ3) is 5.82. The van der Waals surface area contributed by atoms with E-state index in [9.17, 15) is 9.59 Å². The maximum atomic E-state index is 13.0. The third-order valence-electron chi connectivity index (χ3n) is 5.46. The number of nitrogens with zero attached hydrogens (tertiary/aromatic N) is 2. The first-order valence-electron chi connectivity index (χ1n) is 10.7. The molecule has 1 aliphatic rings. The zero-order valence-electron chi connectivity index (χ0n) is 19.0. The average molecular weight is 534 g/mol. The highest BCUT2D eigenvalue weighted by atomic mass is 35.5. The zero-order valence-corrected chi connectivity index (χ0v) is 21.2. The third-order valence-corrected chi connectivity index (χ3v) is 6.23. The molecular formula is C25H23Cl3N4O3. The van der Waals surface area contributed by atoms with Gasteiger partial charge in [0.15, 0.2) is 0 Å². The SMILES string of the molecule is CN(C)c1ccc(C2C(Oc3ccc(Cl)cc3Cl)C(=O)N2NCC(=O)Nc2cccc(Cl)c2)cc1. The number of anilines is 2. The van der Waals surface area contributed by atoms with Crippen LogP contribution in [0.25, 0.3) is 0 Å². The second kappa shape index (κ2) is 10.7. The van der Waals surface area contributed by atoms with E-state index in [1.807, 2.05) is 43.3 Å². The molecule has 0 radical (unpaired) electrons. The predicted octanol–water partition coefficient (Wildman–Crippen LogP) is 5.19. The molecule has 0 saturated carbocycles. The minimum absolute atomic E-state index is 0.126. The second-order valence-corrected chi connectivity index (χ2v) is 9.43. The fourth-order valence-corrected chi connectivity index (χ4v) is 4.33. The van der Waals surface area contributed by atoms with Crippen molar-refractivity contribution in [2.75, 3.05) is 30.9 Å².